The fraction of sp³-hybridized carbons (Fsp3) is 0.900. The van der Waals surface area contributed by atoms with Gasteiger partial charge in [-0.1, -0.05) is 20.8 Å². The van der Waals surface area contributed by atoms with Crippen molar-refractivity contribution in [1.29, 1.82) is 0 Å². The van der Waals surface area contributed by atoms with Gasteiger partial charge in [0.15, 0.2) is 0 Å². The number of hydrogen-bond acceptors (Lipinski definition) is 3. The first-order chi connectivity index (χ1) is 11.3. The van der Waals surface area contributed by atoms with Gasteiger partial charge in [-0.15, -0.1) is 0 Å². The maximum Gasteiger partial charge on any atom is 0.310 e. The van der Waals surface area contributed by atoms with Crippen LogP contribution in [0, 0.1) is 35.0 Å². The molecule has 4 bridgehead atoms. The number of carbonyl (C=O) groups is 2. The molecule has 0 aromatic heterocycles. The Hall–Kier alpha value is -1.06. The van der Waals surface area contributed by atoms with E-state index < -0.39 is 0 Å². The molecule has 4 nitrogen and oxygen atoms in total. The summed E-state index contributed by atoms with van der Waals surface area (Å²) in [5.74, 6) is 2.55. The van der Waals surface area contributed by atoms with E-state index >= 15 is 0 Å². The van der Waals surface area contributed by atoms with Gasteiger partial charge in [0.25, 0.3) is 0 Å². The Labute approximate surface area is 146 Å². The second kappa shape index (κ2) is 6.68. The Morgan fingerprint density at radius 1 is 1.00 bits per heavy atom. The van der Waals surface area contributed by atoms with Gasteiger partial charge in [-0.3, -0.25) is 9.59 Å². The topological polar surface area (TPSA) is 46.6 Å². The van der Waals surface area contributed by atoms with E-state index in [1.807, 2.05) is 11.8 Å². The van der Waals surface area contributed by atoms with Crippen LogP contribution >= 0.6 is 0 Å². The van der Waals surface area contributed by atoms with Crippen molar-refractivity contribution in [2.24, 2.45) is 35.0 Å². The Morgan fingerprint density at radius 2 is 1.50 bits per heavy atom. The summed E-state index contributed by atoms with van der Waals surface area (Å²) in [5, 5.41) is 0. The van der Waals surface area contributed by atoms with Crippen LogP contribution in [0.15, 0.2) is 0 Å². The number of rotatable bonds is 6. The third kappa shape index (κ3) is 3.34. The van der Waals surface area contributed by atoms with E-state index in [-0.39, 0.29) is 17.3 Å². The molecule has 1 amide bonds. The highest BCUT2D eigenvalue weighted by molar-refractivity contribution is 5.84. The summed E-state index contributed by atoms with van der Waals surface area (Å²) in [5.41, 5.74) is -0.126. The normalized spacial score (nSPS) is 35.1. The van der Waals surface area contributed by atoms with E-state index in [1.54, 1.807) is 0 Å². The Balaban J connectivity index is 1.77. The van der Waals surface area contributed by atoms with Crippen molar-refractivity contribution in [3.63, 3.8) is 0 Å². The smallest absolute Gasteiger partial charge is 0.310 e. The Bertz CT molecular complexity index is 464. The monoisotopic (exact) mass is 335 g/mol. The number of hydrogen-bond donors (Lipinski definition) is 0. The predicted molar refractivity (Wildman–Crippen MR) is 93.2 cm³/mol. The molecule has 1 atom stereocenters. The molecule has 0 radical (unpaired) electrons. The lowest BCUT2D eigenvalue weighted by Crippen LogP contribution is -2.55. The third-order valence-corrected chi connectivity index (χ3v) is 6.46. The molecule has 136 valence electrons. The van der Waals surface area contributed by atoms with Crippen molar-refractivity contribution in [1.82, 2.24) is 4.90 Å². The molecule has 4 aliphatic carbocycles. The lowest BCUT2D eigenvalue weighted by atomic mass is 9.49. The molecule has 0 heterocycles. The second-order valence-corrected chi connectivity index (χ2v) is 9.23. The van der Waals surface area contributed by atoms with Crippen molar-refractivity contribution in [2.45, 2.75) is 59.3 Å². The average molecular weight is 335 g/mol. The van der Waals surface area contributed by atoms with Crippen molar-refractivity contribution >= 4 is 11.9 Å². The zero-order chi connectivity index (χ0) is 17.5. The number of nitrogens with zero attached hydrogens (tertiary/aromatic N) is 1. The lowest BCUT2D eigenvalue weighted by Gasteiger charge is -2.56. The number of methoxy groups -OCH3 is 1. The van der Waals surface area contributed by atoms with Crippen LogP contribution in [0.2, 0.25) is 0 Å². The molecule has 4 rings (SSSR count). The summed E-state index contributed by atoms with van der Waals surface area (Å²) in [7, 11) is 1.42. The van der Waals surface area contributed by atoms with Crippen LogP contribution in [0.5, 0.6) is 0 Å². The first-order valence-corrected chi connectivity index (χ1v) is 9.70. The lowest BCUT2D eigenvalue weighted by molar-refractivity contribution is -0.160. The van der Waals surface area contributed by atoms with E-state index in [9.17, 15) is 9.59 Å². The Kier molecular flexibility index (Phi) is 4.94. The molecule has 24 heavy (non-hydrogen) atoms. The van der Waals surface area contributed by atoms with E-state index in [1.165, 1.54) is 26.4 Å². The minimum atomic E-state index is -0.258. The van der Waals surface area contributed by atoms with Crippen molar-refractivity contribution in [3.05, 3.63) is 0 Å². The maximum atomic E-state index is 13.6. The molecule has 4 fully saturated rings. The summed E-state index contributed by atoms with van der Waals surface area (Å²) in [6.07, 6.45) is 7.27. The van der Waals surface area contributed by atoms with Gasteiger partial charge in [0.1, 0.15) is 0 Å². The van der Waals surface area contributed by atoms with Gasteiger partial charge in [0.05, 0.1) is 18.4 Å². The molecule has 0 aliphatic heterocycles. The zero-order valence-corrected chi connectivity index (χ0v) is 15.7. The van der Waals surface area contributed by atoms with Gasteiger partial charge in [0.2, 0.25) is 5.91 Å². The number of amides is 1. The van der Waals surface area contributed by atoms with Crippen LogP contribution in [0.4, 0.5) is 0 Å². The predicted octanol–water partition coefficient (Wildman–Crippen LogP) is 3.50. The Morgan fingerprint density at radius 3 is 1.92 bits per heavy atom. The van der Waals surface area contributed by atoms with Gasteiger partial charge in [-0.25, -0.2) is 0 Å². The molecule has 0 N–H and O–H groups in total. The highest BCUT2D eigenvalue weighted by Gasteiger charge is 2.55. The van der Waals surface area contributed by atoms with Crippen LogP contribution in [0.1, 0.15) is 59.3 Å². The first kappa shape index (κ1) is 17.8. The second-order valence-electron chi connectivity index (χ2n) is 9.23. The van der Waals surface area contributed by atoms with E-state index in [0.717, 1.165) is 43.6 Å². The molecule has 0 aromatic carbocycles. The van der Waals surface area contributed by atoms with Gasteiger partial charge in [-0.2, -0.15) is 0 Å². The van der Waals surface area contributed by atoms with Gasteiger partial charge < -0.3 is 9.64 Å². The molecule has 4 aliphatic rings. The summed E-state index contributed by atoms with van der Waals surface area (Å²) < 4.78 is 4.87. The van der Waals surface area contributed by atoms with Gasteiger partial charge in [-0.05, 0) is 62.2 Å². The third-order valence-electron chi connectivity index (χ3n) is 6.46. The van der Waals surface area contributed by atoms with Crippen LogP contribution in [0.25, 0.3) is 0 Å². The summed E-state index contributed by atoms with van der Waals surface area (Å²) in [6.45, 7) is 7.38. The number of ether oxygens (including phenoxy) is 1. The highest BCUT2D eigenvalue weighted by atomic mass is 16.5. The molecule has 4 heteroatoms. The van der Waals surface area contributed by atoms with Crippen LogP contribution in [0.3, 0.4) is 0 Å². The summed E-state index contributed by atoms with van der Waals surface area (Å²) in [6, 6.07) is 0. The average Bonchev–Trinajstić information content (AvgIpc) is 2.50. The fourth-order valence-corrected chi connectivity index (χ4v) is 6.00. The fourth-order valence-electron chi connectivity index (χ4n) is 6.00. The van der Waals surface area contributed by atoms with Crippen molar-refractivity contribution in [3.8, 4) is 0 Å². The molecule has 1 unspecified atom stereocenters. The van der Waals surface area contributed by atoms with Crippen LogP contribution in [-0.4, -0.2) is 37.0 Å². The molecule has 4 saturated carbocycles. The van der Waals surface area contributed by atoms with E-state index in [4.69, 9.17) is 4.74 Å². The molecule has 0 saturated heterocycles. The van der Waals surface area contributed by atoms with E-state index in [0.29, 0.717) is 18.4 Å². The number of carbonyl (C=O) groups excluding carboxylic acids is 2. The van der Waals surface area contributed by atoms with Crippen molar-refractivity contribution < 1.29 is 14.3 Å². The van der Waals surface area contributed by atoms with Crippen molar-refractivity contribution in [2.75, 3.05) is 20.2 Å². The largest absolute Gasteiger partial charge is 0.469 e. The first-order valence-electron chi connectivity index (χ1n) is 9.70. The van der Waals surface area contributed by atoms with Gasteiger partial charge in [0, 0.05) is 13.1 Å². The minimum Gasteiger partial charge on any atom is -0.469 e. The molecular weight excluding hydrogens is 302 g/mol. The maximum absolute atomic E-state index is 13.6. The molecule has 0 aromatic rings. The SMILES string of the molecule is COC(=O)C(C)CN(CC(C)C)C(=O)C12CC3CC(CC(C3)C1)C2. The summed E-state index contributed by atoms with van der Waals surface area (Å²) in [4.78, 5) is 27.4. The van der Waals surface area contributed by atoms with E-state index in [2.05, 4.69) is 13.8 Å². The molecule has 0 spiro atoms. The van der Waals surface area contributed by atoms with Crippen LogP contribution < -0.4 is 0 Å². The molecular formula is C20H33NO3. The zero-order valence-electron chi connectivity index (χ0n) is 15.7. The highest BCUT2D eigenvalue weighted by Crippen LogP contribution is 2.60. The van der Waals surface area contributed by atoms with Crippen LogP contribution in [-0.2, 0) is 14.3 Å². The minimum absolute atomic E-state index is 0.126. The summed E-state index contributed by atoms with van der Waals surface area (Å²) >= 11 is 0. The van der Waals surface area contributed by atoms with Gasteiger partial charge >= 0.3 is 5.97 Å². The number of esters is 1. The quantitative estimate of drug-likeness (QED) is 0.698. The standard InChI is InChI=1S/C20H33NO3/c1-13(2)11-21(12-14(3)18(22)24-4)19(23)20-8-15-5-16(9-20)7-17(6-15)10-20/h13-17H,5-12H2,1-4H3.